The predicted molar refractivity (Wildman–Crippen MR) is 97.1 cm³/mol. The van der Waals surface area contributed by atoms with Gasteiger partial charge in [0.15, 0.2) is 6.61 Å². The van der Waals surface area contributed by atoms with E-state index in [1.54, 1.807) is 24.3 Å². The maximum atomic E-state index is 12.2. The molecule has 0 atom stereocenters. The summed E-state index contributed by atoms with van der Waals surface area (Å²) < 4.78 is 10.8. The molecule has 0 spiro atoms. The van der Waals surface area contributed by atoms with Gasteiger partial charge in [0.1, 0.15) is 11.3 Å². The van der Waals surface area contributed by atoms with Gasteiger partial charge in [0.05, 0.1) is 16.3 Å². The summed E-state index contributed by atoms with van der Waals surface area (Å²) in [6.07, 6.45) is 0. The lowest BCUT2D eigenvalue weighted by molar-refractivity contribution is -0.123. The molecule has 0 aliphatic carbocycles. The van der Waals surface area contributed by atoms with E-state index in [0.29, 0.717) is 22.6 Å². The molecular weight excluding hydrogens is 340 g/mol. The van der Waals surface area contributed by atoms with Crippen LogP contribution in [0.2, 0.25) is 0 Å². The Balaban J connectivity index is 1.84. The zero-order valence-corrected chi connectivity index (χ0v) is 15.0. The number of hydrogen-bond acceptors (Lipinski definition) is 6. The maximum absolute atomic E-state index is 12.2. The number of aromatic nitrogens is 1. The first-order valence-corrected chi connectivity index (χ1v) is 8.73. The monoisotopic (exact) mass is 358 g/mol. The average Bonchev–Trinajstić information content (AvgIpc) is 2.97. The molecule has 0 saturated heterocycles. The van der Waals surface area contributed by atoms with Crippen molar-refractivity contribution in [2.45, 2.75) is 26.8 Å². The van der Waals surface area contributed by atoms with Crippen LogP contribution in [0.3, 0.4) is 0 Å². The summed E-state index contributed by atoms with van der Waals surface area (Å²) in [4.78, 5) is 28.2. The topological polar surface area (TPSA) is 81.4 Å². The summed E-state index contributed by atoms with van der Waals surface area (Å²) in [7, 11) is 0. The van der Waals surface area contributed by atoms with Crippen molar-refractivity contribution in [3.05, 3.63) is 45.1 Å². The molecule has 130 valence electrons. The van der Waals surface area contributed by atoms with Crippen LogP contribution in [-0.2, 0) is 4.79 Å². The Labute approximate surface area is 148 Å². The number of nitrogens with one attached hydrogen (secondary N) is 1. The van der Waals surface area contributed by atoms with Crippen molar-refractivity contribution in [2.24, 2.45) is 0 Å². The average molecular weight is 358 g/mol. The van der Waals surface area contributed by atoms with Crippen LogP contribution in [0.4, 0.5) is 0 Å². The molecule has 7 heteroatoms. The van der Waals surface area contributed by atoms with Gasteiger partial charge in [-0.15, -0.1) is 11.3 Å². The molecule has 25 heavy (non-hydrogen) atoms. The number of benzene rings is 1. The molecule has 6 nitrogen and oxygen atoms in total. The third kappa shape index (κ3) is 4.06. The summed E-state index contributed by atoms with van der Waals surface area (Å²) >= 11 is 1.48. The molecule has 1 amide bonds. The van der Waals surface area contributed by atoms with Gasteiger partial charge in [0, 0.05) is 22.9 Å². The van der Waals surface area contributed by atoms with Crippen LogP contribution < -0.4 is 15.7 Å². The van der Waals surface area contributed by atoms with E-state index in [4.69, 9.17) is 9.15 Å². The second kappa shape index (κ2) is 7.06. The number of nitrogens with zero attached hydrogens (tertiary/aromatic N) is 1. The SMILES string of the molecule is Cc1nc(-c2cc3ccc(OCC(=O)NC(C)C)cc3oc2=O)cs1. The molecule has 2 aromatic heterocycles. The summed E-state index contributed by atoms with van der Waals surface area (Å²) in [5.74, 6) is 0.262. The van der Waals surface area contributed by atoms with Crippen molar-refractivity contribution in [1.29, 1.82) is 0 Å². The number of carbonyl (C=O) groups excluding carboxylic acids is 1. The first kappa shape index (κ1) is 17.2. The van der Waals surface area contributed by atoms with Crippen molar-refractivity contribution >= 4 is 28.2 Å². The van der Waals surface area contributed by atoms with Crippen LogP contribution in [0.25, 0.3) is 22.2 Å². The van der Waals surface area contributed by atoms with E-state index in [9.17, 15) is 9.59 Å². The normalized spacial score (nSPS) is 11.0. The Morgan fingerprint density at radius 3 is 2.84 bits per heavy atom. The van der Waals surface area contributed by atoms with Gasteiger partial charge in [0.2, 0.25) is 0 Å². The molecule has 0 radical (unpaired) electrons. The van der Waals surface area contributed by atoms with Gasteiger partial charge in [-0.25, -0.2) is 9.78 Å². The van der Waals surface area contributed by atoms with E-state index in [-0.39, 0.29) is 18.6 Å². The molecule has 3 rings (SSSR count). The zero-order valence-electron chi connectivity index (χ0n) is 14.2. The fourth-order valence-electron chi connectivity index (χ4n) is 2.36. The van der Waals surface area contributed by atoms with Crippen molar-refractivity contribution in [1.82, 2.24) is 10.3 Å². The number of rotatable bonds is 5. The number of ether oxygens (including phenoxy) is 1. The van der Waals surface area contributed by atoms with Crippen LogP contribution in [0.1, 0.15) is 18.9 Å². The second-order valence-electron chi connectivity index (χ2n) is 5.91. The van der Waals surface area contributed by atoms with Gasteiger partial charge in [-0.05, 0) is 39.0 Å². The minimum absolute atomic E-state index is 0.0542. The van der Waals surface area contributed by atoms with E-state index < -0.39 is 5.63 Å². The zero-order chi connectivity index (χ0) is 18.0. The maximum Gasteiger partial charge on any atom is 0.345 e. The third-order valence-corrected chi connectivity index (χ3v) is 4.20. The molecule has 0 aliphatic heterocycles. The first-order chi connectivity index (χ1) is 11.9. The molecule has 1 aromatic carbocycles. The van der Waals surface area contributed by atoms with Gasteiger partial charge in [-0.2, -0.15) is 0 Å². The van der Waals surface area contributed by atoms with Gasteiger partial charge >= 0.3 is 5.63 Å². The highest BCUT2D eigenvalue weighted by atomic mass is 32.1. The van der Waals surface area contributed by atoms with E-state index >= 15 is 0 Å². The minimum Gasteiger partial charge on any atom is -0.484 e. The fraction of sp³-hybridized carbons (Fsp3) is 0.278. The lowest BCUT2D eigenvalue weighted by atomic mass is 10.1. The van der Waals surface area contributed by atoms with E-state index in [0.717, 1.165) is 10.4 Å². The molecule has 0 unspecified atom stereocenters. The number of hydrogen-bond donors (Lipinski definition) is 1. The molecule has 2 heterocycles. The van der Waals surface area contributed by atoms with Crippen LogP contribution in [0.15, 0.2) is 38.9 Å². The molecule has 0 saturated carbocycles. The van der Waals surface area contributed by atoms with E-state index in [1.807, 2.05) is 26.2 Å². The molecule has 3 aromatic rings. The van der Waals surface area contributed by atoms with Crippen molar-refractivity contribution in [2.75, 3.05) is 6.61 Å². The standard InChI is InChI=1S/C18H18N2O4S/c1-10(2)19-17(21)8-23-13-5-4-12-6-14(15-9-25-11(3)20-15)18(22)24-16(12)7-13/h4-7,9-10H,8H2,1-3H3,(H,19,21). The Bertz CT molecular complexity index is 975. The number of thiazole rings is 1. The van der Waals surface area contributed by atoms with Gasteiger partial charge in [0.25, 0.3) is 5.91 Å². The highest BCUT2D eigenvalue weighted by molar-refractivity contribution is 7.09. The second-order valence-corrected chi connectivity index (χ2v) is 6.97. The summed E-state index contributed by atoms with van der Waals surface area (Å²) in [6, 6.07) is 6.94. The van der Waals surface area contributed by atoms with Gasteiger partial charge < -0.3 is 14.5 Å². The quantitative estimate of drug-likeness (QED) is 0.709. The third-order valence-electron chi connectivity index (χ3n) is 3.42. The number of amides is 1. The van der Waals surface area contributed by atoms with Crippen LogP contribution in [0.5, 0.6) is 5.75 Å². The molecular formula is C18H18N2O4S. The van der Waals surface area contributed by atoms with Crippen molar-refractivity contribution in [3.63, 3.8) is 0 Å². The largest absolute Gasteiger partial charge is 0.484 e. The minimum atomic E-state index is -0.451. The Morgan fingerprint density at radius 1 is 1.36 bits per heavy atom. The van der Waals surface area contributed by atoms with Crippen molar-refractivity contribution in [3.8, 4) is 17.0 Å². The van der Waals surface area contributed by atoms with Gasteiger partial charge in [-0.1, -0.05) is 0 Å². The molecule has 1 N–H and O–H groups in total. The van der Waals surface area contributed by atoms with Crippen LogP contribution in [-0.4, -0.2) is 23.5 Å². The van der Waals surface area contributed by atoms with E-state index in [1.165, 1.54) is 11.3 Å². The predicted octanol–water partition coefficient (Wildman–Crippen LogP) is 3.13. The summed E-state index contributed by atoms with van der Waals surface area (Å²) in [6.45, 7) is 5.55. The summed E-state index contributed by atoms with van der Waals surface area (Å²) in [5.41, 5.74) is 1.00. The molecule has 0 aliphatic rings. The van der Waals surface area contributed by atoms with Crippen LogP contribution >= 0.6 is 11.3 Å². The van der Waals surface area contributed by atoms with Crippen molar-refractivity contribution < 1.29 is 13.9 Å². The summed E-state index contributed by atoms with van der Waals surface area (Å²) in [5, 5.41) is 6.23. The number of aryl methyl sites for hydroxylation is 1. The highest BCUT2D eigenvalue weighted by Gasteiger charge is 2.12. The van der Waals surface area contributed by atoms with Gasteiger partial charge in [-0.3, -0.25) is 4.79 Å². The van der Waals surface area contributed by atoms with Crippen LogP contribution in [0, 0.1) is 6.92 Å². The van der Waals surface area contributed by atoms with E-state index in [2.05, 4.69) is 10.3 Å². The Morgan fingerprint density at radius 2 is 2.16 bits per heavy atom. The Hall–Kier alpha value is -2.67. The first-order valence-electron chi connectivity index (χ1n) is 7.85. The number of fused-ring (bicyclic) bond motifs is 1. The Kier molecular flexibility index (Phi) is 4.85. The fourth-order valence-corrected chi connectivity index (χ4v) is 2.97. The molecule has 0 fully saturated rings. The highest BCUT2D eigenvalue weighted by Crippen LogP contribution is 2.25. The molecule has 0 bridgehead atoms. The lowest BCUT2D eigenvalue weighted by Crippen LogP contribution is -2.34. The number of carbonyl (C=O) groups is 1. The lowest BCUT2D eigenvalue weighted by Gasteiger charge is -2.10. The smallest absolute Gasteiger partial charge is 0.345 e.